The summed E-state index contributed by atoms with van der Waals surface area (Å²) in [5.41, 5.74) is 4.20. The molecule has 0 bridgehead atoms. The van der Waals surface area contributed by atoms with Crippen molar-refractivity contribution in [2.75, 3.05) is 5.32 Å². The van der Waals surface area contributed by atoms with E-state index in [0.29, 0.717) is 21.9 Å². The molecule has 3 aromatic rings. The summed E-state index contributed by atoms with van der Waals surface area (Å²) in [5, 5.41) is 4.68. The first-order chi connectivity index (χ1) is 12.3. The number of halogens is 1. The monoisotopic (exact) mass is 369 g/mol. The molecule has 0 aliphatic carbocycles. The summed E-state index contributed by atoms with van der Waals surface area (Å²) in [7, 11) is 0. The molecule has 2 aromatic heterocycles. The van der Waals surface area contributed by atoms with Gasteiger partial charge in [-0.2, -0.15) is 0 Å². The third kappa shape index (κ3) is 3.78. The lowest BCUT2D eigenvalue weighted by Gasteiger charge is -2.16. The fourth-order valence-electron chi connectivity index (χ4n) is 2.60. The maximum Gasteiger partial charge on any atom is 0.342 e. The maximum atomic E-state index is 12.6. The fraction of sp³-hybridized carbons (Fsp3) is 0.250. The molecule has 0 saturated carbocycles. The second kappa shape index (κ2) is 7.30. The minimum atomic E-state index is -0.433. The molecule has 26 heavy (non-hydrogen) atoms. The van der Waals surface area contributed by atoms with Crippen LogP contribution in [0.5, 0.6) is 0 Å². The first-order valence-electron chi connectivity index (χ1n) is 8.35. The zero-order chi connectivity index (χ0) is 18.8. The number of pyridine rings is 2. The third-order valence-corrected chi connectivity index (χ3v) is 4.13. The summed E-state index contributed by atoms with van der Waals surface area (Å²) < 4.78 is 5.38. The lowest BCUT2D eigenvalue weighted by atomic mass is 10.1. The van der Waals surface area contributed by atoms with Crippen molar-refractivity contribution in [1.29, 1.82) is 0 Å². The number of aromatic nitrogens is 2. The van der Waals surface area contributed by atoms with Gasteiger partial charge in [-0.05, 0) is 57.5 Å². The molecular formula is C20H20ClN3O2. The van der Waals surface area contributed by atoms with Gasteiger partial charge in [-0.15, -0.1) is 0 Å². The van der Waals surface area contributed by atoms with E-state index in [1.54, 1.807) is 0 Å². The van der Waals surface area contributed by atoms with E-state index in [4.69, 9.17) is 16.3 Å². The molecule has 134 valence electrons. The molecule has 1 N–H and O–H groups in total. The van der Waals surface area contributed by atoms with Crippen LogP contribution in [0.2, 0.25) is 5.02 Å². The number of rotatable bonds is 4. The SMILES string of the molecule is Cc1ccc2c(Nc3cc(Cl)ccc3C)c(C(=O)OC(C)C)cnc2n1. The zero-order valence-corrected chi connectivity index (χ0v) is 15.9. The molecule has 0 unspecified atom stereocenters. The van der Waals surface area contributed by atoms with E-state index in [0.717, 1.165) is 22.3 Å². The number of fused-ring (bicyclic) bond motifs is 1. The molecule has 0 fully saturated rings. The summed E-state index contributed by atoms with van der Waals surface area (Å²) in [6, 6.07) is 9.35. The average Bonchev–Trinajstić information content (AvgIpc) is 2.57. The minimum absolute atomic E-state index is 0.227. The van der Waals surface area contributed by atoms with Crippen LogP contribution in [-0.4, -0.2) is 22.0 Å². The lowest BCUT2D eigenvalue weighted by Crippen LogP contribution is -2.14. The van der Waals surface area contributed by atoms with E-state index in [1.165, 1.54) is 6.20 Å². The Labute approximate surface area is 157 Å². The fourth-order valence-corrected chi connectivity index (χ4v) is 2.77. The summed E-state index contributed by atoms with van der Waals surface area (Å²) in [6.07, 6.45) is 1.27. The van der Waals surface area contributed by atoms with Gasteiger partial charge in [-0.1, -0.05) is 17.7 Å². The Hall–Kier alpha value is -2.66. The molecule has 0 aliphatic rings. The van der Waals surface area contributed by atoms with E-state index in [-0.39, 0.29) is 6.10 Å². The van der Waals surface area contributed by atoms with Crippen LogP contribution in [0.4, 0.5) is 11.4 Å². The Kier molecular flexibility index (Phi) is 5.09. The minimum Gasteiger partial charge on any atom is -0.459 e. The number of hydrogen-bond acceptors (Lipinski definition) is 5. The number of anilines is 2. The van der Waals surface area contributed by atoms with E-state index in [9.17, 15) is 4.79 Å². The number of nitrogens with zero attached hydrogens (tertiary/aromatic N) is 2. The van der Waals surface area contributed by atoms with E-state index >= 15 is 0 Å². The Bertz CT molecular complexity index is 986. The highest BCUT2D eigenvalue weighted by Crippen LogP contribution is 2.31. The highest BCUT2D eigenvalue weighted by molar-refractivity contribution is 6.30. The number of nitrogens with one attached hydrogen (secondary N) is 1. The first kappa shape index (κ1) is 18.1. The van der Waals surface area contributed by atoms with Gasteiger partial charge in [0.15, 0.2) is 5.65 Å². The number of esters is 1. The molecule has 3 rings (SSSR count). The number of ether oxygens (including phenoxy) is 1. The smallest absolute Gasteiger partial charge is 0.342 e. The maximum absolute atomic E-state index is 12.6. The molecule has 6 heteroatoms. The molecule has 0 radical (unpaired) electrons. The van der Waals surface area contributed by atoms with Crippen molar-refractivity contribution in [3.8, 4) is 0 Å². The van der Waals surface area contributed by atoms with Crippen LogP contribution < -0.4 is 5.32 Å². The van der Waals surface area contributed by atoms with Gasteiger partial charge in [0.1, 0.15) is 5.56 Å². The highest BCUT2D eigenvalue weighted by atomic mass is 35.5. The van der Waals surface area contributed by atoms with Crippen molar-refractivity contribution in [1.82, 2.24) is 9.97 Å². The van der Waals surface area contributed by atoms with Crippen LogP contribution in [0.1, 0.15) is 35.5 Å². The van der Waals surface area contributed by atoms with Crippen LogP contribution >= 0.6 is 11.6 Å². The van der Waals surface area contributed by atoms with Crippen molar-refractivity contribution in [2.24, 2.45) is 0 Å². The molecule has 0 aliphatic heterocycles. The Balaban J connectivity index is 2.18. The predicted octanol–water partition coefficient (Wildman–Crippen LogP) is 5.21. The molecule has 5 nitrogen and oxygen atoms in total. The van der Waals surface area contributed by atoms with Crippen LogP contribution in [0.3, 0.4) is 0 Å². The van der Waals surface area contributed by atoms with Gasteiger partial charge in [-0.3, -0.25) is 0 Å². The molecule has 0 atom stereocenters. The van der Waals surface area contributed by atoms with Crippen LogP contribution in [-0.2, 0) is 4.74 Å². The summed E-state index contributed by atoms with van der Waals surface area (Å²) in [6.45, 7) is 7.49. The molecule has 0 spiro atoms. The number of hydrogen-bond donors (Lipinski definition) is 1. The Morgan fingerprint density at radius 2 is 1.96 bits per heavy atom. The second-order valence-electron chi connectivity index (χ2n) is 6.41. The Morgan fingerprint density at radius 1 is 1.19 bits per heavy atom. The third-order valence-electron chi connectivity index (χ3n) is 3.89. The average molecular weight is 370 g/mol. The van der Waals surface area contributed by atoms with Gasteiger partial charge in [0.2, 0.25) is 0 Å². The van der Waals surface area contributed by atoms with Gasteiger partial charge >= 0.3 is 5.97 Å². The Morgan fingerprint density at radius 3 is 2.69 bits per heavy atom. The van der Waals surface area contributed by atoms with Gasteiger partial charge in [0.05, 0.1) is 11.8 Å². The first-order valence-corrected chi connectivity index (χ1v) is 8.73. The van der Waals surface area contributed by atoms with Crippen molar-refractivity contribution in [3.05, 3.63) is 58.4 Å². The normalized spacial score (nSPS) is 11.0. The highest BCUT2D eigenvalue weighted by Gasteiger charge is 2.19. The topological polar surface area (TPSA) is 64.1 Å². The number of aryl methyl sites for hydroxylation is 2. The van der Waals surface area contributed by atoms with Crippen LogP contribution in [0, 0.1) is 13.8 Å². The molecular weight excluding hydrogens is 350 g/mol. The second-order valence-corrected chi connectivity index (χ2v) is 6.85. The van der Waals surface area contributed by atoms with Crippen molar-refractivity contribution in [2.45, 2.75) is 33.8 Å². The largest absolute Gasteiger partial charge is 0.459 e. The summed E-state index contributed by atoms with van der Waals surface area (Å²) in [4.78, 5) is 21.4. The number of benzene rings is 1. The lowest BCUT2D eigenvalue weighted by molar-refractivity contribution is 0.0379. The summed E-state index contributed by atoms with van der Waals surface area (Å²) in [5.74, 6) is -0.433. The van der Waals surface area contributed by atoms with E-state index in [1.807, 2.05) is 58.0 Å². The molecule has 2 heterocycles. The van der Waals surface area contributed by atoms with Crippen LogP contribution in [0.15, 0.2) is 36.5 Å². The molecule has 1 aromatic carbocycles. The zero-order valence-electron chi connectivity index (χ0n) is 15.1. The van der Waals surface area contributed by atoms with Gasteiger partial charge in [-0.25, -0.2) is 14.8 Å². The standard InChI is InChI=1S/C20H20ClN3O2/c1-11(2)26-20(25)16-10-22-19-15(8-6-13(4)23-19)18(16)24-17-9-14(21)7-5-12(17)3/h5-11H,1-4H3,(H,22,23,24). The van der Waals surface area contributed by atoms with Crippen molar-refractivity contribution >= 4 is 40.0 Å². The molecule has 0 saturated heterocycles. The van der Waals surface area contributed by atoms with E-state index < -0.39 is 5.97 Å². The number of carbonyl (C=O) groups excluding carboxylic acids is 1. The quantitative estimate of drug-likeness (QED) is 0.639. The van der Waals surface area contributed by atoms with Gasteiger partial charge in [0, 0.05) is 28.0 Å². The van der Waals surface area contributed by atoms with Crippen molar-refractivity contribution in [3.63, 3.8) is 0 Å². The van der Waals surface area contributed by atoms with E-state index in [2.05, 4.69) is 15.3 Å². The van der Waals surface area contributed by atoms with Crippen molar-refractivity contribution < 1.29 is 9.53 Å². The van der Waals surface area contributed by atoms with Gasteiger partial charge in [0.25, 0.3) is 0 Å². The van der Waals surface area contributed by atoms with Gasteiger partial charge < -0.3 is 10.1 Å². The van der Waals surface area contributed by atoms with Crippen LogP contribution in [0.25, 0.3) is 11.0 Å². The molecule has 0 amide bonds. The number of carbonyl (C=O) groups is 1. The summed E-state index contributed by atoms with van der Waals surface area (Å²) >= 11 is 6.14. The predicted molar refractivity (Wildman–Crippen MR) is 104 cm³/mol.